The maximum absolute atomic E-state index is 11.5. The number of nitrogens with zero attached hydrogens (tertiary/aromatic N) is 1. The quantitative estimate of drug-likeness (QED) is 0.632. The highest BCUT2D eigenvalue weighted by Crippen LogP contribution is 2.19. The molecular formula is C10H17NO3. The molecule has 1 amide bonds. The molecule has 1 unspecified atom stereocenters. The van der Waals surface area contributed by atoms with Gasteiger partial charge in [-0.3, -0.25) is 9.59 Å². The Morgan fingerprint density at radius 1 is 1.64 bits per heavy atom. The molecule has 1 aliphatic rings. The lowest BCUT2D eigenvalue weighted by Crippen LogP contribution is -2.27. The molecule has 0 N–H and O–H groups in total. The van der Waals surface area contributed by atoms with Crippen molar-refractivity contribution in [2.45, 2.75) is 33.3 Å². The Hall–Kier alpha value is -1.06. The summed E-state index contributed by atoms with van der Waals surface area (Å²) >= 11 is 0. The number of ether oxygens (including phenoxy) is 1. The Kier molecular flexibility index (Phi) is 3.49. The summed E-state index contributed by atoms with van der Waals surface area (Å²) in [6.45, 7) is 6.72. The number of amides is 1. The van der Waals surface area contributed by atoms with E-state index in [1.54, 1.807) is 4.90 Å². The zero-order chi connectivity index (χ0) is 10.7. The first-order valence-electron chi connectivity index (χ1n) is 5.02. The number of rotatable bonds is 3. The first-order chi connectivity index (χ1) is 6.54. The van der Waals surface area contributed by atoms with E-state index in [0.717, 1.165) is 0 Å². The molecule has 0 aromatic rings. The summed E-state index contributed by atoms with van der Waals surface area (Å²) in [6, 6.07) is 0. The van der Waals surface area contributed by atoms with E-state index in [2.05, 4.69) is 0 Å². The van der Waals surface area contributed by atoms with Crippen LogP contribution in [0.1, 0.15) is 27.2 Å². The molecule has 1 heterocycles. The summed E-state index contributed by atoms with van der Waals surface area (Å²) in [4.78, 5) is 24.5. The van der Waals surface area contributed by atoms with E-state index in [9.17, 15) is 9.59 Å². The van der Waals surface area contributed by atoms with Crippen LogP contribution in [0.5, 0.6) is 0 Å². The minimum absolute atomic E-state index is 0.0539. The Bertz CT molecular complexity index is 238. The lowest BCUT2D eigenvalue weighted by Gasteiger charge is -2.14. The standard InChI is InChI=1S/C10H17NO3/c1-4-11-6-8(5-9(11)12)10(13)14-7(2)3/h7-8H,4-6H2,1-3H3. The van der Waals surface area contributed by atoms with Crippen LogP contribution in [-0.4, -0.2) is 36.0 Å². The molecule has 1 saturated heterocycles. The lowest BCUT2D eigenvalue weighted by atomic mass is 10.1. The molecule has 1 rings (SSSR count). The van der Waals surface area contributed by atoms with E-state index < -0.39 is 0 Å². The Balaban J connectivity index is 2.48. The molecule has 0 bridgehead atoms. The molecule has 4 nitrogen and oxygen atoms in total. The van der Waals surface area contributed by atoms with Gasteiger partial charge in [0.2, 0.25) is 5.91 Å². The molecule has 80 valence electrons. The third-order valence-corrected chi connectivity index (χ3v) is 2.28. The van der Waals surface area contributed by atoms with Gasteiger partial charge >= 0.3 is 5.97 Å². The fraction of sp³-hybridized carbons (Fsp3) is 0.800. The van der Waals surface area contributed by atoms with Gasteiger partial charge in [-0.15, -0.1) is 0 Å². The van der Waals surface area contributed by atoms with Gasteiger partial charge in [0.05, 0.1) is 12.0 Å². The third kappa shape index (κ3) is 2.47. The number of likely N-dealkylation sites (tertiary alicyclic amines) is 1. The number of carbonyl (C=O) groups is 2. The van der Waals surface area contributed by atoms with Gasteiger partial charge in [-0.25, -0.2) is 0 Å². The molecule has 0 radical (unpaired) electrons. The van der Waals surface area contributed by atoms with Gasteiger partial charge in [-0.05, 0) is 20.8 Å². The molecule has 0 aromatic heterocycles. The molecule has 0 aliphatic carbocycles. The summed E-state index contributed by atoms with van der Waals surface area (Å²) in [5.41, 5.74) is 0. The Morgan fingerprint density at radius 2 is 2.29 bits per heavy atom. The van der Waals surface area contributed by atoms with Crippen molar-refractivity contribution in [3.8, 4) is 0 Å². The normalized spacial score (nSPS) is 21.9. The Morgan fingerprint density at radius 3 is 2.71 bits per heavy atom. The van der Waals surface area contributed by atoms with Crippen molar-refractivity contribution in [3.05, 3.63) is 0 Å². The van der Waals surface area contributed by atoms with Gasteiger partial charge in [0.15, 0.2) is 0 Å². The van der Waals surface area contributed by atoms with Crippen LogP contribution in [0.25, 0.3) is 0 Å². The molecule has 0 saturated carbocycles. The molecule has 14 heavy (non-hydrogen) atoms. The zero-order valence-corrected chi connectivity index (χ0v) is 8.95. The van der Waals surface area contributed by atoms with E-state index >= 15 is 0 Å². The van der Waals surface area contributed by atoms with Crippen LogP contribution in [0, 0.1) is 5.92 Å². The summed E-state index contributed by atoms with van der Waals surface area (Å²) < 4.78 is 5.06. The van der Waals surface area contributed by atoms with Gasteiger partial charge in [0, 0.05) is 19.5 Å². The van der Waals surface area contributed by atoms with E-state index in [-0.39, 0.29) is 23.9 Å². The zero-order valence-electron chi connectivity index (χ0n) is 8.95. The van der Waals surface area contributed by atoms with Crippen molar-refractivity contribution < 1.29 is 14.3 Å². The number of carbonyl (C=O) groups excluding carboxylic acids is 2. The second-order valence-electron chi connectivity index (χ2n) is 3.82. The molecule has 0 spiro atoms. The van der Waals surface area contributed by atoms with Crippen molar-refractivity contribution in [1.29, 1.82) is 0 Å². The van der Waals surface area contributed by atoms with E-state index in [4.69, 9.17) is 4.74 Å². The maximum Gasteiger partial charge on any atom is 0.311 e. The van der Waals surface area contributed by atoms with E-state index in [0.29, 0.717) is 19.5 Å². The minimum atomic E-state index is -0.259. The summed E-state index contributed by atoms with van der Waals surface area (Å²) in [5, 5.41) is 0. The average molecular weight is 199 g/mol. The van der Waals surface area contributed by atoms with E-state index in [1.165, 1.54) is 0 Å². The van der Waals surface area contributed by atoms with Crippen LogP contribution < -0.4 is 0 Å². The Labute approximate surface area is 84.2 Å². The van der Waals surface area contributed by atoms with Gasteiger partial charge in [0.1, 0.15) is 0 Å². The average Bonchev–Trinajstić information content (AvgIpc) is 2.45. The molecule has 1 aliphatic heterocycles. The van der Waals surface area contributed by atoms with Crippen molar-refractivity contribution >= 4 is 11.9 Å². The van der Waals surface area contributed by atoms with E-state index in [1.807, 2.05) is 20.8 Å². The first kappa shape index (κ1) is 11.0. The van der Waals surface area contributed by atoms with Crippen LogP contribution in [0.15, 0.2) is 0 Å². The summed E-state index contributed by atoms with van der Waals surface area (Å²) in [5.74, 6) is -0.452. The minimum Gasteiger partial charge on any atom is -0.463 e. The van der Waals surface area contributed by atoms with Crippen LogP contribution in [0.3, 0.4) is 0 Å². The summed E-state index contributed by atoms with van der Waals surface area (Å²) in [7, 11) is 0. The van der Waals surface area contributed by atoms with Gasteiger partial charge in [-0.1, -0.05) is 0 Å². The van der Waals surface area contributed by atoms with Crippen LogP contribution in [-0.2, 0) is 14.3 Å². The van der Waals surface area contributed by atoms with Crippen LogP contribution in [0.4, 0.5) is 0 Å². The topological polar surface area (TPSA) is 46.6 Å². The van der Waals surface area contributed by atoms with Crippen LogP contribution in [0.2, 0.25) is 0 Å². The molecule has 1 atom stereocenters. The first-order valence-corrected chi connectivity index (χ1v) is 5.02. The number of hydrogen-bond donors (Lipinski definition) is 0. The summed E-state index contributed by atoms with van der Waals surface area (Å²) in [6.07, 6.45) is 0.202. The predicted molar refractivity (Wildman–Crippen MR) is 51.6 cm³/mol. The van der Waals surface area contributed by atoms with Crippen molar-refractivity contribution in [3.63, 3.8) is 0 Å². The highest BCUT2D eigenvalue weighted by molar-refractivity contribution is 5.86. The van der Waals surface area contributed by atoms with Crippen molar-refractivity contribution in [2.75, 3.05) is 13.1 Å². The SMILES string of the molecule is CCN1CC(C(=O)OC(C)C)CC1=O. The van der Waals surface area contributed by atoms with Crippen molar-refractivity contribution in [2.24, 2.45) is 5.92 Å². The lowest BCUT2D eigenvalue weighted by molar-refractivity contribution is -0.152. The third-order valence-electron chi connectivity index (χ3n) is 2.28. The van der Waals surface area contributed by atoms with Gasteiger partial charge in [-0.2, -0.15) is 0 Å². The largest absolute Gasteiger partial charge is 0.463 e. The van der Waals surface area contributed by atoms with Gasteiger partial charge in [0.25, 0.3) is 0 Å². The monoisotopic (exact) mass is 199 g/mol. The highest BCUT2D eigenvalue weighted by Gasteiger charge is 2.34. The maximum atomic E-state index is 11.5. The molecular weight excluding hydrogens is 182 g/mol. The highest BCUT2D eigenvalue weighted by atomic mass is 16.5. The fourth-order valence-corrected chi connectivity index (χ4v) is 1.56. The molecule has 1 fully saturated rings. The van der Waals surface area contributed by atoms with Gasteiger partial charge < -0.3 is 9.64 Å². The number of esters is 1. The fourth-order valence-electron chi connectivity index (χ4n) is 1.56. The second-order valence-corrected chi connectivity index (χ2v) is 3.82. The van der Waals surface area contributed by atoms with Crippen molar-refractivity contribution in [1.82, 2.24) is 4.90 Å². The predicted octanol–water partition coefficient (Wildman–Crippen LogP) is 0.806. The van der Waals surface area contributed by atoms with Crippen LogP contribution >= 0.6 is 0 Å². The number of hydrogen-bond acceptors (Lipinski definition) is 3. The second kappa shape index (κ2) is 4.44. The molecule has 0 aromatic carbocycles. The smallest absolute Gasteiger partial charge is 0.311 e. The molecule has 4 heteroatoms.